The van der Waals surface area contributed by atoms with Crippen LogP contribution in [0.1, 0.15) is 35.7 Å². The summed E-state index contributed by atoms with van der Waals surface area (Å²) in [5, 5.41) is 9.30. The quantitative estimate of drug-likeness (QED) is 0.888. The fraction of sp³-hybridized carbons (Fsp3) is 0.467. The van der Waals surface area contributed by atoms with Gasteiger partial charge in [0.2, 0.25) is 0 Å². The minimum absolute atomic E-state index is 0.169. The fourth-order valence-corrected chi connectivity index (χ4v) is 2.59. The van der Waals surface area contributed by atoms with E-state index in [0.29, 0.717) is 24.4 Å². The predicted molar refractivity (Wildman–Crippen MR) is 72.0 cm³/mol. The molecule has 1 amide bonds. The van der Waals surface area contributed by atoms with Crippen LogP contribution in [0, 0.1) is 12.8 Å². The molecule has 1 heterocycles. The lowest BCUT2D eigenvalue weighted by atomic mass is 9.91. The van der Waals surface area contributed by atoms with Crippen LogP contribution in [0.25, 0.3) is 0 Å². The molecule has 1 aliphatic heterocycles. The zero-order valence-electron chi connectivity index (χ0n) is 11.3. The Balaban J connectivity index is 2.27. The van der Waals surface area contributed by atoms with Crippen LogP contribution in [0.3, 0.4) is 0 Å². The molecule has 1 N–H and O–H groups in total. The standard InChI is InChI=1S/C15H19NO3/c1-10-7-8-16(13(9-10)15(18)19)14(17)12-6-4-3-5-11(12)2/h3-6,10,13H,7-9H2,1-2H3,(H,18,19). The second-order valence-electron chi connectivity index (χ2n) is 5.30. The lowest BCUT2D eigenvalue weighted by Crippen LogP contribution is -2.49. The molecule has 0 bridgehead atoms. The number of benzene rings is 1. The van der Waals surface area contributed by atoms with Gasteiger partial charge in [0.25, 0.3) is 5.91 Å². The number of carbonyl (C=O) groups excluding carboxylic acids is 1. The average molecular weight is 261 g/mol. The summed E-state index contributed by atoms with van der Waals surface area (Å²) in [4.78, 5) is 25.3. The van der Waals surface area contributed by atoms with E-state index < -0.39 is 12.0 Å². The zero-order chi connectivity index (χ0) is 14.0. The first-order valence-corrected chi connectivity index (χ1v) is 6.60. The Morgan fingerprint density at radius 1 is 1.32 bits per heavy atom. The molecule has 0 radical (unpaired) electrons. The van der Waals surface area contributed by atoms with Crippen LogP contribution in [0.4, 0.5) is 0 Å². The van der Waals surface area contributed by atoms with Crippen molar-refractivity contribution in [2.75, 3.05) is 6.54 Å². The van der Waals surface area contributed by atoms with Gasteiger partial charge in [-0.1, -0.05) is 25.1 Å². The van der Waals surface area contributed by atoms with Crippen molar-refractivity contribution in [1.82, 2.24) is 4.90 Å². The Kier molecular flexibility index (Phi) is 3.88. The van der Waals surface area contributed by atoms with Crippen molar-refractivity contribution in [3.63, 3.8) is 0 Å². The molecule has 1 fully saturated rings. The van der Waals surface area contributed by atoms with Gasteiger partial charge in [0.15, 0.2) is 0 Å². The molecule has 1 aliphatic rings. The molecule has 1 saturated heterocycles. The maximum Gasteiger partial charge on any atom is 0.326 e. The van der Waals surface area contributed by atoms with E-state index in [4.69, 9.17) is 0 Å². The second-order valence-corrected chi connectivity index (χ2v) is 5.30. The van der Waals surface area contributed by atoms with E-state index in [2.05, 4.69) is 0 Å². The van der Waals surface area contributed by atoms with Gasteiger partial charge in [0.1, 0.15) is 6.04 Å². The van der Waals surface area contributed by atoms with Crippen molar-refractivity contribution < 1.29 is 14.7 Å². The van der Waals surface area contributed by atoms with Crippen LogP contribution in [0.5, 0.6) is 0 Å². The molecule has 0 aromatic heterocycles. The summed E-state index contributed by atoms with van der Waals surface area (Å²) < 4.78 is 0. The number of carbonyl (C=O) groups is 2. The summed E-state index contributed by atoms with van der Waals surface area (Å²) in [6.45, 7) is 4.42. The summed E-state index contributed by atoms with van der Waals surface area (Å²) in [5.74, 6) is -0.729. The Morgan fingerprint density at radius 2 is 2.00 bits per heavy atom. The predicted octanol–water partition coefficient (Wildman–Crippen LogP) is 2.32. The van der Waals surface area contributed by atoms with E-state index in [0.717, 1.165) is 12.0 Å². The van der Waals surface area contributed by atoms with Gasteiger partial charge < -0.3 is 10.0 Å². The zero-order valence-corrected chi connectivity index (χ0v) is 11.3. The Morgan fingerprint density at radius 3 is 2.63 bits per heavy atom. The summed E-state index contributed by atoms with van der Waals surface area (Å²) in [6.07, 6.45) is 1.40. The first-order valence-electron chi connectivity index (χ1n) is 6.60. The third-order valence-corrected chi connectivity index (χ3v) is 3.79. The van der Waals surface area contributed by atoms with Gasteiger partial charge in [-0.2, -0.15) is 0 Å². The average Bonchev–Trinajstić information content (AvgIpc) is 2.38. The van der Waals surface area contributed by atoms with Crippen molar-refractivity contribution >= 4 is 11.9 Å². The molecular weight excluding hydrogens is 242 g/mol. The van der Waals surface area contributed by atoms with Crippen molar-refractivity contribution in [3.8, 4) is 0 Å². The minimum atomic E-state index is -0.909. The molecule has 1 aromatic carbocycles. The van der Waals surface area contributed by atoms with Crippen LogP contribution >= 0.6 is 0 Å². The molecule has 0 aliphatic carbocycles. The SMILES string of the molecule is Cc1ccccc1C(=O)N1CCC(C)CC1C(=O)O. The third kappa shape index (κ3) is 2.78. The van der Waals surface area contributed by atoms with Gasteiger partial charge in [-0.05, 0) is 37.3 Å². The smallest absolute Gasteiger partial charge is 0.326 e. The summed E-state index contributed by atoms with van der Waals surface area (Å²) in [6, 6.07) is 6.61. The Hall–Kier alpha value is -1.84. The first kappa shape index (κ1) is 13.6. The van der Waals surface area contributed by atoms with Crippen LogP contribution < -0.4 is 0 Å². The van der Waals surface area contributed by atoms with E-state index >= 15 is 0 Å². The highest BCUT2D eigenvalue weighted by Gasteiger charge is 2.35. The Labute approximate surface area is 113 Å². The van der Waals surface area contributed by atoms with Crippen molar-refractivity contribution in [2.45, 2.75) is 32.7 Å². The van der Waals surface area contributed by atoms with Crippen molar-refractivity contribution in [3.05, 3.63) is 35.4 Å². The van der Waals surface area contributed by atoms with Gasteiger partial charge in [0.05, 0.1) is 0 Å². The van der Waals surface area contributed by atoms with E-state index in [1.165, 1.54) is 4.90 Å². The van der Waals surface area contributed by atoms with Gasteiger partial charge >= 0.3 is 5.97 Å². The van der Waals surface area contributed by atoms with E-state index in [-0.39, 0.29) is 5.91 Å². The van der Waals surface area contributed by atoms with E-state index in [1.54, 1.807) is 6.07 Å². The number of amides is 1. The number of hydrogen-bond donors (Lipinski definition) is 1. The van der Waals surface area contributed by atoms with Crippen molar-refractivity contribution in [1.29, 1.82) is 0 Å². The topological polar surface area (TPSA) is 57.6 Å². The maximum absolute atomic E-state index is 12.5. The number of carboxylic acid groups (broad SMARTS) is 1. The number of likely N-dealkylation sites (tertiary alicyclic amines) is 1. The number of hydrogen-bond acceptors (Lipinski definition) is 2. The van der Waals surface area contributed by atoms with Gasteiger partial charge in [-0.3, -0.25) is 4.79 Å². The largest absolute Gasteiger partial charge is 0.480 e. The highest BCUT2D eigenvalue weighted by Crippen LogP contribution is 2.25. The highest BCUT2D eigenvalue weighted by atomic mass is 16.4. The lowest BCUT2D eigenvalue weighted by Gasteiger charge is -2.36. The number of piperidine rings is 1. The number of nitrogens with zero attached hydrogens (tertiary/aromatic N) is 1. The lowest BCUT2D eigenvalue weighted by molar-refractivity contribution is -0.144. The maximum atomic E-state index is 12.5. The Bertz CT molecular complexity index is 498. The number of carboxylic acids is 1. The molecule has 4 heteroatoms. The fourth-order valence-electron chi connectivity index (χ4n) is 2.59. The molecule has 0 spiro atoms. The van der Waals surface area contributed by atoms with Gasteiger partial charge in [-0.15, -0.1) is 0 Å². The van der Waals surface area contributed by atoms with Crippen LogP contribution in [-0.4, -0.2) is 34.5 Å². The second kappa shape index (κ2) is 5.43. The number of aryl methyl sites for hydroxylation is 1. The summed E-state index contributed by atoms with van der Waals surface area (Å²) in [7, 11) is 0. The van der Waals surface area contributed by atoms with Crippen LogP contribution in [0.15, 0.2) is 24.3 Å². The third-order valence-electron chi connectivity index (χ3n) is 3.79. The molecule has 2 unspecified atom stereocenters. The van der Waals surface area contributed by atoms with E-state index in [9.17, 15) is 14.7 Å². The monoisotopic (exact) mass is 261 g/mol. The van der Waals surface area contributed by atoms with Crippen LogP contribution in [-0.2, 0) is 4.79 Å². The van der Waals surface area contributed by atoms with Gasteiger partial charge in [0, 0.05) is 12.1 Å². The van der Waals surface area contributed by atoms with Gasteiger partial charge in [-0.25, -0.2) is 4.79 Å². The number of rotatable bonds is 2. The van der Waals surface area contributed by atoms with E-state index in [1.807, 2.05) is 32.0 Å². The summed E-state index contributed by atoms with van der Waals surface area (Å²) in [5.41, 5.74) is 1.48. The number of aliphatic carboxylic acids is 1. The summed E-state index contributed by atoms with van der Waals surface area (Å²) >= 11 is 0. The molecular formula is C15H19NO3. The van der Waals surface area contributed by atoms with Crippen LogP contribution in [0.2, 0.25) is 0 Å². The molecule has 2 rings (SSSR count). The molecule has 19 heavy (non-hydrogen) atoms. The molecule has 102 valence electrons. The molecule has 2 atom stereocenters. The molecule has 0 saturated carbocycles. The highest BCUT2D eigenvalue weighted by molar-refractivity contribution is 5.97. The normalized spacial score (nSPS) is 23.2. The molecule has 1 aromatic rings. The van der Waals surface area contributed by atoms with Crippen molar-refractivity contribution in [2.24, 2.45) is 5.92 Å². The molecule has 4 nitrogen and oxygen atoms in total. The minimum Gasteiger partial charge on any atom is -0.480 e. The first-order chi connectivity index (χ1) is 9.00.